The fourth-order valence-corrected chi connectivity index (χ4v) is 4.01. The van der Waals surface area contributed by atoms with E-state index >= 15 is 0 Å². The van der Waals surface area contributed by atoms with Crippen LogP contribution in [0.4, 0.5) is 8.78 Å². The number of rotatable bonds is 12. The van der Waals surface area contributed by atoms with E-state index in [4.69, 9.17) is 23.9 Å². The zero-order valence-corrected chi connectivity index (χ0v) is 20.5. The normalized spacial score (nSPS) is 10.8. The smallest absolute Gasteiger partial charge is 0.222 e. The van der Waals surface area contributed by atoms with E-state index in [-0.39, 0.29) is 13.2 Å². The molecule has 0 radical (unpaired) electrons. The molecule has 37 heavy (non-hydrogen) atoms. The summed E-state index contributed by atoms with van der Waals surface area (Å²) in [6.07, 6.45) is 3.23. The lowest BCUT2D eigenvalue weighted by Crippen LogP contribution is -2.08. The number of hydrogen-bond acceptors (Lipinski definition) is 5. The van der Waals surface area contributed by atoms with Gasteiger partial charge in [-0.2, -0.15) is 0 Å². The van der Waals surface area contributed by atoms with E-state index in [2.05, 4.69) is 13.2 Å². The molecule has 5 nitrogen and oxygen atoms in total. The minimum absolute atomic E-state index is 0.205. The third-order valence-electron chi connectivity index (χ3n) is 5.56. The van der Waals surface area contributed by atoms with Crippen LogP contribution >= 0.6 is 0 Å². The van der Waals surface area contributed by atoms with Gasteiger partial charge in [-0.1, -0.05) is 43.0 Å². The van der Waals surface area contributed by atoms with E-state index in [1.54, 1.807) is 24.3 Å². The summed E-state index contributed by atoms with van der Waals surface area (Å²) in [5.74, 6) is 0.0940. The van der Waals surface area contributed by atoms with Gasteiger partial charge >= 0.3 is 0 Å². The summed E-state index contributed by atoms with van der Waals surface area (Å²) >= 11 is 0. The van der Waals surface area contributed by atoms with Gasteiger partial charge in [-0.25, -0.2) is 13.8 Å². The van der Waals surface area contributed by atoms with E-state index < -0.39 is 11.6 Å². The van der Waals surface area contributed by atoms with E-state index in [0.29, 0.717) is 53.0 Å². The number of hydrogen-bond donors (Lipinski definition) is 0. The Bertz CT molecular complexity index is 1420. The largest absolute Gasteiger partial charge is 0.490 e. The van der Waals surface area contributed by atoms with Crippen molar-refractivity contribution in [3.63, 3.8) is 0 Å². The van der Waals surface area contributed by atoms with Gasteiger partial charge in [-0.3, -0.25) is 0 Å². The molecule has 1 aromatic heterocycles. The van der Waals surface area contributed by atoms with Crippen LogP contribution in [0.1, 0.15) is 0 Å². The lowest BCUT2D eigenvalue weighted by atomic mass is 9.95. The van der Waals surface area contributed by atoms with Crippen molar-refractivity contribution in [2.45, 2.75) is 0 Å². The first-order valence-corrected chi connectivity index (χ1v) is 11.7. The van der Waals surface area contributed by atoms with Crippen molar-refractivity contribution in [1.29, 1.82) is 0 Å². The highest BCUT2D eigenvalue weighted by atomic mass is 19.1. The maximum absolute atomic E-state index is 14.2. The Balaban J connectivity index is 1.89. The number of nitrogens with zero attached hydrogens (tertiary/aromatic N) is 1. The molecule has 4 aromatic rings. The third-order valence-corrected chi connectivity index (χ3v) is 5.56. The highest BCUT2D eigenvalue weighted by molar-refractivity contribution is 6.06. The van der Waals surface area contributed by atoms with E-state index in [9.17, 15) is 8.78 Å². The van der Waals surface area contributed by atoms with Gasteiger partial charge in [0.05, 0.1) is 31.6 Å². The Hall–Kier alpha value is -4.23. The van der Waals surface area contributed by atoms with E-state index in [0.717, 1.165) is 10.8 Å². The van der Waals surface area contributed by atoms with Gasteiger partial charge < -0.3 is 18.9 Å². The quantitative estimate of drug-likeness (QED) is 0.154. The Morgan fingerprint density at radius 1 is 0.784 bits per heavy atom. The van der Waals surface area contributed by atoms with Gasteiger partial charge in [0.2, 0.25) is 5.88 Å². The molecule has 0 aliphatic heterocycles. The standard InChI is InChI=1S/C30H27F2NO4/c1-4-14-35-16-17-37-26-18-20(31)10-12-24(26)28-22-8-6-7-9-23(22)29(33-30(28)34-3)25-13-11-21(32)19-27(25)36-15-5-2/h4-13,18-19H,1-2,14-17H2,3H3. The van der Waals surface area contributed by atoms with Crippen molar-refractivity contribution in [1.82, 2.24) is 4.98 Å². The average Bonchev–Trinajstić information content (AvgIpc) is 2.91. The zero-order chi connectivity index (χ0) is 26.2. The molecule has 0 N–H and O–H groups in total. The van der Waals surface area contributed by atoms with E-state index in [1.165, 1.54) is 31.4 Å². The summed E-state index contributed by atoms with van der Waals surface area (Å²) in [7, 11) is 1.51. The molecule has 3 aromatic carbocycles. The van der Waals surface area contributed by atoms with E-state index in [1.807, 2.05) is 24.3 Å². The zero-order valence-electron chi connectivity index (χ0n) is 20.5. The van der Waals surface area contributed by atoms with Crippen molar-refractivity contribution < 1.29 is 27.7 Å². The molecule has 0 unspecified atom stereocenters. The van der Waals surface area contributed by atoms with Crippen molar-refractivity contribution in [2.75, 3.05) is 33.5 Å². The first-order valence-electron chi connectivity index (χ1n) is 11.7. The Morgan fingerprint density at radius 3 is 2.11 bits per heavy atom. The van der Waals surface area contributed by atoms with Crippen LogP contribution in [-0.2, 0) is 4.74 Å². The molecule has 0 atom stereocenters. The lowest BCUT2D eigenvalue weighted by molar-refractivity contribution is 0.121. The third kappa shape index (κ3) is 5.78. The Morgan fingerprint density at radius 2 is 1.43 bits per heavy atom. The molecule has 190 valence electrons. The average molecular weight is 504 g/mol. The fourth-order valence-electron chi connectivity index (χ4n) is 4.01. The van der Waals surface area contributed by atoms with Gasteiger partial charge in [0, 0.05) is 28.6 Å². The van der Waals surface area contributed by atoms with Crippen LogP contribution in [-0.4, -0.2) is 38.5 Å². The topological polar surface area (TPSA) is 49.8 Å². The summed E-state index contributed by atoms with van der Waals surface area (Å²) < 4.78 is 51.1. The Labute approximate surface area is 214 Å². The second-order valence-electron chi connectivity index (χ2n) is 7.98. The number of aromatic nitrogens is 1. The molecular formula is C30H27F2NO4. The maximum Gasteiger partial charge on any atom is 0.222 e. The van der Waals surface area contributed by atoms with Crippen LogP contribution in [0.25, 0.3) is 33.2 Å². The second-order valence-corrected chi connectivity index (χ2v) is 7.98. The first kappa shape index (κ1) is 25.9. The predicted octanol–water partition coefficient (Wildman–Crippen LogP) is 7.00. The summed E-state index contributed by atoms with van der Waals surface area (Å²) in [4.78, 5) is 4.81. The summed E-state index contributed by atoms with van der Waals surface area (Å²) in [5.41, 5.74) is 2.40. The van der Waals surface area contributed by atoms with Gasteiger partial charge in [0.25, 0.3) is 0 Å². The highest BCUT2D eigenvalue weighted by Gasteiger charge is 2.22. The van der Waals surface area contributed by atoms with Crippen molar-refractivity contribution in [3.05, 3.63) is 97.6 Å². The first-order chi connectivity index (χ1) is 18.1. The fraction of sp³-hybridized carbons (Fsp3) is 0.167. The molecule has 0 aliphatic carbocycles. The summed E-state index contributed by atoms with van der Waals surface area (Å²) in [6, 6.07) is 16.2. The minimum Gasteiger partial charge on any atom is -0.490 e. The number of pyridine rings is 1. The number of fused-ring (bicyclic) bond motifs is 1. The number of ether oxygens (including phenoxy) is 4. The lowest BCUT2D eigenvalue weighted by Gasteiger charge is -2.19. The van der Waals surface area contributed by atoms with Gasteiger partial charge in [-0.15, -0.1) is 6.58 Å². The molecule has 0 spiro atoms. The molecule has 1 heterocycles. The van der Waals surface area contributed by atoms with Crippen LogP contribution in [0.5, 0.6) is 17.4 Å². The molecule has 0 aliphatic rings. The molecule has 0 bridgehead atoms. The molecule has 0 saturated heterocycles. The van der Waals surface area contributed by atoms with Crippen LogP contribution in [0.15, 0.2) is 86.0 Å². The van der Waals surface area contributed by atoms with Crippen molar-refractivity contribution in [2.24, 2.45) is 0 Å². The Kier molecular flexibility index (Phi) is 8.48. The molecule has 0 saturated carbocycles. The van der Waals surface area contributed by atoms with Gasteiger partial charge in [0.1, 0.15) is 36.3 Å². The number of halogens is 2. The molecular weight excluding hydrogens is 476 g/mol. The second kappa shape index (κ2) is 12.1. The van der Waals surface area contributed by atoms with Crippen LogP contribution in [0.2, 0.25) is 0 Å². The van der Waals surface area contributed by atoms with Crippen LogP contribution in [0.3, 0.4) is 0 Å². The minimum atomic E-state index is -0.436. The summed E-state index contributed by atoms with van der Waals surface area (Å²) in [5, 5.41) is 1.57. The van der Waals surface area contributed by atoms with Crippen LogP contribution < -0.4 is 14.2 Å². The maximum atomic E-state index is 14.2. The highest BCUT2D eigenvalue weighted by Crippen LogP contribution is 2.45. The van der Waals surface area contributed by atoms with Gasteiger partial charge in [-0.05, 0) is 29.7 Å². The van der Waals surface area contributed by atoms with Gasteiger partial charge in [0.15, 0.2) is 0 Å². The van der Waals surface area contributed by atoms with Crippen LogP contribution in [0, 0.1) is 11.6 Å². The molecule has 0 fully saturated rings. The number of benzene rings is 3. The van der Waals surface area contributed by atoms with Crippen molar-refractivity contribution >= 4 is 10.8 Å². The molecule has 4 rings (SSSR count). The SMILES string of the molecule is C=CCOCCOc1cc(F)ccc1-c1c(OC)nc(-c2ccc(F)cc2OCC=C)c2ccccc12. The molecule has 7 heteroatoms. The predicted molar refractivity (Wildman–Crippen MR) is 141 cm³/mol. The van der Waals surface area contributed by atoms with Crippen molar-refractivity contribution in [3.8, 4) is 39.8 Å². The number of methoxy groups -OCH3 is 1. The summed E-state index contributed by atoms with van der Waals surface area (Å²) in [6.45, 7) is 8.42. The monoisotopic (exact) mass is 503 g/mol. The molecule has 0 amide bonds.